The summed E-state index contributed by atoms with van der Waals surface area (Å²) in [5.41, 5.74) is 0. The molecule has 1 saturated heterocycles. The number of aliphatic carboxylic acids is 1. The smallest absolute Gasteiger partial charge is 0.307 e. The lowest BCUT2D eigenvalue weighted by Crippen LogP contribution is -2.21. The molecule has 0 aromatic carbocycles. The van der Waals surface area contributed by atoms with E-state index in [1.807, 2.05) is 0 Å². The van der Waals surface area contributed by atoms with Gasteiger partial charge in [0.25, 0.3) is 0 Å². The van der Waals surface area contributed by atoms with Crippen molar-refractivity contribution in [1.29, 1.82) is 0 Å². The molecule has 0 spiro atoms. The number of rotatable bonds is 1. The van der Waals surface area contributed by atoms with Gasteiger partial charge >= 0.3 is 5.97 Å². The van der Waals surface area contributed by atoms with E-state index in [1.54, 1.807) is 0 Å². The van der Waals surface area contributed by atoms with Crippen molar-refractivity contribution in [3.63, 3.8) is 0 Å². The van der Waals surface area contributed by atoms with Gasteiger partial charge in [0.1, 0.15) is 0 Å². The van der Waals surface area contributed by atoms with Crippen LogP contribution in [0.1, 0.15) is 19.3 Å². The van der Waals surface area contributed by atoms with Crippen molar-refractivity contribution < 1.29 is 9.90 Å². The van der Waals surface area contributed by atoms with Crippen LogP contribution < -0.4 is 5.32 Å². The second kappa shape index (κ2) is 3.56. The highest BCUT2D eigenvalue weighted by Crippen LogP contribution is 2.11. The fraction of sp³-hybridized carbons (Fsp3) is 0.857. The highest BCUT2D eigenvalue weighted by atomic mass is 16.4. The van der Waals surface area contributed by atoms with Crippen molar-refractivity contribution in [2.45, 2.75) is 19.3 Å². The maximum absolute atomic E-state index is 10.4. The molecule has 1 fully saturated rings. The number of nitrogens with zero attached hydrogens (tertiary/aromatic N) is 1. The largest absolute Gasteiger partial charge is 0.481 e. The lowest BCUT2D eigenvalue weighted by molar-refractivity contribution is -0.141. The molecule has 3 nitrogen and oxygen atoms in total. The summed E-state index contributed by atoms with van der Waals surface area (Å²) in [5, 5.41) is 12.7. The third-order valence-corrected chi connectivity index (χ3v) is 1.82. The van der Waals surface area contributed by atoms with Gasteiger partial charge in [-0.2, -0.15) is 0 Å². The van der Waals surface area contributed by atoms with Crippen LogP contribution in [0.25, 0.3) is 0 Å². The summed E-state index contributed by atoms with van der Waals surface area (Å²) >= 11 is 0. The van der Waals surface area contributed by atoms with E-state index >= 15 is 0 Å². The Balaban J connectivity index is 2.35. The van der Waals surface area contributed by atoms with E-state index in [4.69, 9.17) is 5.11 Å². The quantitative estimate of drug-likeness (QED) is 0.578. The summed E-state index contributed by atoms with van der Waals surface area (Å²) in [6, 6.07) is 0. The minimum atomic E-state index is -0.689. The standard InChI is InChI=1S/C7H12NO2/c9-7(10)6-3-1-2-4-8-5-6/h6H,1-5H2,(H,9,10). The Morgan fingerprint density at radius 3 is 3.00 bits per heavy atom. The summed E-state index contributed by atoms with van der Waals surface area (Å²) in [6.07, 6.45) is 2.88. The Hall–Kier alpha value is -0.570. The van der Waals surface area contributed by atoms with Crippen LogP contribution in [0.5, 0.6) is 0 Å². The molecule has 1 aliphatic rings. The number of carbonyl (C=O) groups is 1. The van der Waals surface area contributed by atoms with E-state index in [0.717, 1.165) is 25.8 Å². The molecular weight excluding hydrogens is 130 g/mol. The van der Waals surface area contributed by atoms with Crippen LogP contribution >= 0.6 is 0 Å². The minimum Gasteiger partial charge on any atom is -0.481 e. The molecular formula is C7H12NO2. The zero-order chi connectivity index (χ0) is 7.40. The molecule has 1 unspecified atom stereocenters. The summed E-state index contributed by atoms with van der Waals surface area (Å²) < 4.78 is 0. The van der Waals surface area contributed by atoms with Gasteiger partial charge in [0.2, 0.25) is 0 Å². The maximum atomic E-state index is 10.4. The number of carboxylic acid groups (broad SMARTS) is 1. The first-order valence-corrected chi connectivity index (χ1v) is 3.67. The summed E-state index contributed by atoms with van der Waals surface area (Å²) in [5.74, 6) is -0.895. The predicted octanol–water partition coefficient (Wildman–Crippen LogP) is 0.476. The van der Waals surface area contributed by atoms with Crippen LogP contribution in [0, 0.1) is 5.92 Å². The first-order chi connectivity index (χ1) is 4.80. The number of hydrogen-bond donors (Lipinski definition) is 1. The average molecular weight is 142 g/mol. The van der Waals surface area contributed by atoms with Crippen molar-refractivity contribution in [3.8, 4) is 0 Å². The molecule has 10 heavy (non-hydrogen) atoms. The molecule has 1 N–H and O–H groups in total. The fourth-order valence-corrected chi connectivity index (χ4v) is 1.15. The topological polar surface area (TPSA) is 51.4 Å². The zero-order valence-electron chi connectivity index (χ0n) is 5.92. The Morgan fingerprint density at radius 1 is 1.50 bits per heavy atom. The van der Waals surface area contributed by atoms with Crippen LogP contribution in [0.3, 0.4) is 0 Å². The van der Waals surface area contributed by atoms with Gasteiger partial charge in [0.15, 0.2) is 0 Å². The Kier molecular flexibility index (Phi) is 2.68. The molecule has 0 bridgehead atoms. The maximum Gasteiger partial charge on any atom is 0.307 e. The Morgan fingerprint density at radius 2 is 2.30 bits per heavy atom. The summed E-state index contributed by atoms with van der Waals surface area (Å²) in [4.78, 5) is 10.4. The van der Waals surface area contributed by atoms with Gasteiger partial charge < -0.3 is 5.11 Å². The average Bonchev–Trinajstić information content (AvgIpc) is 2.12. The summed E-state index contributed by atoms with van der Waals surface area (Å²) in [6.45, 7) is 1.37. The van der Waals surface area contributed by atoms with E-state index < -0.39 is 5.97 Å². The van der Waals surface area contributed by atoms with Crippen molar-refractivity contribution in [1.82, 2.24) is 5.32 Å². The van der Waals surface area contributed by atoms with Gasteiger partial charge in [-0.1, -0.05) is 6.42 Å². The van der Waals surface area contributed by atoms with Crippen LogP contribution in [-0.4, -0.2) is 24.2 Å². The second-order valence-electron chi connectivity index (χ2n) is 2.66. The molecule has 0 saturated carbocycles. The van der Waals surface area contributed by atoms with E-state index in [0.29, 0.717) is 6.54 Å². The fourth-order valence-electron chi connectivity index (χ4n) is 1.15. The lowest BCUT2D eigenvalue weighted by atomic mass is 10.0. The van der Waals surface area contributed by atoms with E-state index in [1.165, 1.54) is 0 Å². The molecule has 1 rings (SSSR count). The molecule has 0 amide bonds. The Labute approximate surface area is 60.4 Å². The van der Waals surface area contributed by atoms with Gasteiger partial charge in [-0.15, -0.1) is 0 Å². The minimum absolute atomic E-state index is 0.206. The molecule has 0 aromatic heterocycles. The van der Waals surface area contributed by atoms with Gasteiger partial charge in [0.05, 0.1) is 5.92 Å². The zero-order valence-corrected chi connectivity index (χ0v) is 5.92. The van der Waals surface area contributed by atoms with Crippen LogP contribution in [0.4, 0.5) is 0 Å². The second-order valence-corrected chi connectivity index (χ2v) is 2.66. The Bertz CT molecular complexity index is 117. The molecule has 1 aliphatic heterocycles. The van der Waals surface area contributed by atoms with Gasteiger partial charge in [-0.3, -0.25) is 4.79 Å². The molecule has 1 heterocycles. The first-order valence-electron chi connectivity index (χ1n) is 3.67. The number of hydrogen-bond acceptors (Lipinski definition) is 1. The highest BCUT2D eigenvalue weighted by Gasteiger charge is 2.18. The molecule has 3 heteroatoms. The van der Waals surface area contributed by atoms with Gasteiger partial charge in [-0.25, -0.2) is 5.32 Å². The SMILES string of the molecule is O=C(O)C1CCCC[N]C1. The van der Waals surface area contributed by atoms with Crippen LogP contribution in [-0.2, 0) is 4.79 Å². The van der Waals surface area contributed by atoms with Crippen molar-refractivity contribution in [2.75, 3.05) is 13.1 Å². The lowest BCUT2D eigenvalue weighted by Gasteiger charge is -2.05. The molecule has 57 valence electrons. The normalized spacial score (nSPS) is 27.4. The molecule has 1 atom stereocenters. The third-order valence-electron chi connectivity index (χ3n) is 1.82. The number of carboxylic acids is 1. The highest BCUT2D eigenvalue weighted by molar-refractivity contribution is 5.70. The van der Waals surface area contributed by atoms with Gasteiger partial charge in [-0.05, 0) is 12.8 Å². The third kappa shape index (κ3) is 1.99. The molecule has 1 radical (unpaired) electrons. The monoisotopic (exact) mass is 142 g/mol. The van der Waals surface area contributed by atoms with E-state index in [9.17, 15) is 4.79 Å². The molecule has 0 aliphatic carbocycles. The summed E-state index contributed by atoms with van der Waals surface area (Å²) in [7, 11) is 0. The van der Waals surface area contributed by atoms with Crippen molar-refractivity contribution in [2.24, 2.45) is 5.92 Å². The van der Waals surface area contributed by atoms with Crippen LogP contribution in [0.15, 0.2) is 0 Å². The van der Waals surface area contributed by atoms with Crippen molar-refractivity contribution >= 4 is 5.97 Å². The van der Waals surface area contributed by atoms with E-state index in [-0.39, 0.29) is 5.92 Å². The molecule has 0 aromatic rings. The van der Waals surface area contributed by atoms with Crippen LogP contribution in [0.2, 0.25) is 0 Å². The van der Waals surface area contributed by atoms with E-state index in [2.05, 4.69) is 5.32 Å². The van der Waals surface area contributed by atoms with Crippen molar-refractivity contribution in [3.05, 3.63) is 0 Å². The first kappa shape index (κ1) is 7.54. The predicted molar refractivity (Wildman–Crippen MR) is 36.8 cm³/mol. The van der Waals surface area contributed by atoms with Gasteiger partial charge in [0, 0.05) is 13.1 Å².